The molecule has 0 saturated carbocycles. The van der Waals surface area contributed by atoms with Crippen molar-refractivity contribution in [2.75, 3.05) is 47.1 Å². The maximum atomic E-state index is 13.6. The van der Waals surface area contributed by atoms with Crippen molar-refractivity contribution >= 4 is 34.5 Å². The number of amides is 2. The second kappa shape index (κ2) is 12.2. The molecule has 1 aromatic carbocycles. The number of ether oxygens (including phenoxy) is 3. The largest absolute Gasteiger partial charge is 0.497 e. The van der Waals surface area contributed by atoms with E-state index in [1.165, 1.54) is 16.2 Å². The number of thiophene rings is 2. The Hall–Kier alpha value is -2.88. The molecule has 0 spiro atoms. The van der Waals surface area contributed by atoms with Crippen molar-refractivity contribution < 1.29 is 23.8 Å². The fourth-order valence-electron chi connectivity index (χ4n) is 4.20. The van der Waals surface area contributed by atoms with Gasteiger partial charge < -0.3 is 24.0 Å². The molecular weight excluding hydrogens is 484 g/mol. The molecule has 186 valence electrons. The molecular formula is C26H30N2O5S2. The van der Waals surface area contributed by atoms with Gasteiger partial charge in [0.2, 0.25) is 5.91 Å². The van der Waals surface area contributed by atoms with E-state index in [1.54, 1.807) is 36.5 Å². The lowest BCUT2D eigenvalue weighted by atomic mass is 10.0. The summed E-state index contributed by atoms with van der Waals surface area (Å²) in [5.41, 5.74) is 1.12. The minimum Gasteiger partial charge on any atom is -0.497 e. The summed E-state index contributed by atoms with van der Waals surface area (Å²) < 4.78 is 16.6. The molecule has 0 aliphatic carbocycles. The minimum absolute atomic E-state index is 0.0234. The van der Waals surface area contributed by atoms with Crippen LogP contribution < -0.4 is 9.47 Å². The van der Waals surface area contributed by atoms with Crippen LogP contribution in [-0.2, 0) is 16.0 Å². The first-order valence-corrected chi connectivity index (χ1v) is 13.3. The Morgan fingerprint density at radius 1 is 1.09 bits per heavy atom. The molecule has 1 atom stereocenters. The molecule has 1 unspecified atom stereocenters. The van der Waals surface area contributed by atoms with Gasteiger partial charge in [0.15, 0.2) is 0 Å². The lowest BCUT2D eigenvalue weighted by Crippen LogP contribution is -2.48. The maximum absolute atomic E-state index is 13.6. The molecule has 0 N–H and O–H groups in total. The number of carbonyl (C=O) groups is 2. The Balaban J connectivity index is 1.50. The van der Waals surface area contributed by atoms with Gasteiger partial charge in [0.25, 0.3) is 5.91 Å². The van der Waals surface area contributed by atoms with Gasteiger partial charge in [0, 0.05) is 37.7 Å². The Morgan fingerprint density at radius 3 is 2.71 bits per heavy atom. The lowest BCUT2D eigenvalue weighted by Gasteiger charge is -2.37. The second-order valence-electron chi connectivity index (χ2n) is 8.19. The van der Waals surface area contributed by atoms with Crippen LogP contribution in [0.25, 0.3) is 0 Å². The van der Waals surface area contributed by atoms with Crippen LogP contribution in [0.15, 0.2) is 53.2 Å². The third-order valence-corrected chi connectivity index (χ3v) is 7.84. The molecule has 2 aromatic heterocycles. The van der Waals surface area contributed by atoms with Gasteiger partial charge in [-0.3, -0.25) is 9.59 Å². The van der Waals surface area contributed by atoms with Gasteiger partial charge in [-0.25, -0.2) is 0 Å². The first-order valence-electron chi connectivity index (χ1n) is 11.5. The zero-order valence-electron chi connectivity index (χ0n) is 20.0. The van der Waals surface area contributed by atoms with Crippen molar-refractivity contribution in [3.05, 3.63) is 68.5 Å². The molecule has 35 heavy (non-hydrogen) atoms. The Kier molecular flexibility index (Phi) is 8.79. The third-order valence-electron chi connectivity index (χ3n) is 5.99. The average Bonchev–Trinajstić information content (AvgIpc) is 3.59. The number of hydrogen-bond donors (Lipinski definition) is 0. The minimum atomic E-state index is -0.221. The molecule has 0 bridgehead atoms. The van der Waals surface area contributed by atoms with E-state index in [2.05, 4.69) is 11.4 Å². The van der Waals surface area contributed by atoms with E-state index in [0.717, 1.165) is 12.0 Å². The zero-order valence-corrected chi connectivity index (χ0v) is 21.6. The van der Waals surface area contributed by atoms with Crippen LogP contribution in [0.2, 0.25) is 0 Å². The predicted octanol–water partition coefficient (Wildman–Crippen LogP) is 4.50. The molecule has 0 fully saturated rings. The summed E-state index contributed by atoms with van der Waals surface area (Å²) in [5.74, 6) is 1.20. The van der Waals surface area contributed by atoms with E-state index in [9.17, 15) is 9.59 Å². The van der Waals surface area contributed by atoms with Gasteiger partial charge >= 0.3 is 0 Å². The number of methoxy groups -OCH3 is 2. The van der Waals surface area contributed by atoms with E-state index in [4.69, 9.17) is 14.2 Å². The summed E-state index contributed by atoms with van der Waals surface area (Å²) in [4.78, 5) is 32.1. The second-order valence-corrected chi connectivity index (χ2v) is 10.1. The van der Waals surface area contributed by atoms with Crippen LogP contribution in [0.1, 0.15) is 32.6 Å². The fourth-order valence-corrected chi connectivity index (χ4v) is 5.82. The third kappa shape index (κ3) is 6.22. The first kappa shape index (κ1) is 25.2. The van der Waals surface area contributed by atoms with Gasteiger partial charge in [-0.15, -0.1) is 22.7 Å². The van der Waals surface area contributed by atoms with Crippen molar-refractivity contribution in [3.8, 4) is 11.5 Å². The van der Waals surface area contributed by atoms with Gasteiger partial charge in [-0.2, -0.15) is 0 Å². The molecule has 0 radical (unpaired) electrons. The molecule has 1 aliphatic heterocycles. The summed E-state index contributed by atoms with van der Waals surface area (Å²) in [6.07, 6.45) is 1.47. The van der Waals surface area contributed by atoms with Crippen molar-refractivity contribution in [2.45, 2.75) is 18.9 Å². The number of carbonyl (C=O) groups excluding carboxylic acids is 2. The van der Waals surface area contributed by atoms with Crippen LogP contribution in [0.3, 0.4) is 0 Å². The van der Waals surface area contributed by atoms with Crippen LogP contribution in [-0.4, -0.2) is 68.7 Å². The van der Waals surface area contributed by atoms with Crippen molar-refractivity contribution in [1.82, 2.24) is 9.80 Å². The highest BCUT2D eigenvalue weighted by Crippen LogP contribution is 2.34. The normalized spacial score (nSPS) is 14.9. The van der Waals surface area contributed by atoms with Crippen molar-refractivity contribution in [3.63, 3.8) is 0 Å². The number of rotatable bonds is 11. The maximum Gasteiger partial charge on any atom is 0.264 e. The average molecular weight is 515 g/mol. The highest BCUT2D eigenvalue weighted by molar-refractivity contribution is 7.12. The van der Waals surface area contributed by atoms with E-state index < -0.39 is 0 Å². The highest BCUT2D eigenvalue weighted by Gasteiger charge is 2.33. The Morgan fingerprint density at radius 2 is 1.94 bits per heavy atom. The molecule has 3 aromatic rings. The molecule has 2 amide bonds. The van der Waals surface area contributed by atoms with Crippen LogP contribution in [0, 0.1) is 0 Å². The van der Waals surface area contributed by atoms with E-state index >= 15 is 0 Å². The van der Waals surface area contributed by atoms with Crippen molar-refractivity contribution in [1.29, 1.82) is 0 Å². The van der Waals surface area contributed by atoms with Crippen LogP contribution in [0.4, 0.5) is 0 Å². The van der Waals surface area contributed by atoms with Crippen LogP contribution >= 0.6 is 22.7 Å². The lowest BCUT2D eigenvalue weighted by molar-refractivity contribution is -0.135. The smallest absolute Gasteiger partial charge is 0.264 e. The summed E-state index contributed by atoms with van der Waals surface area (Å²) in [5, 5.41) is 3.94. The molecule has 4 rings (SSSR count). The topological polar surface area (TPSA) is 68.3 Å². The number of hydrogen-bond acceptors (Lipinski definition) is 7. The van der Waals surface area contributed by atoms with Gasteiger partial charge in [-0.05, 0) is 53.4 Å². The summed E-state index contributed by atoms with van der Waals surface area (Å²) in [7, 11) is 3.25. The predicted molar refractivity (Wildman–Crippen MR) is 138 cm³/mol. The SMILES string of the molecule is COCCCN(CC(=O)N1CCc2sccc2C1COc1cccc(OC)c1)C(=O)c1cccs1. The molecule has 3 heterocycles. The quantitative estimate of drug-likeness (QED) is 0.353. The Labute approximate surface area is 213 Å². The van der Waals surface area contributed by atoms with Gasteiger partial charge in [-0.1, -0.05) is 12.1 Å². The van der Waals surface area contributed by atoms with Gasteiger partial charge in [0.05, 0.1) is 18.0 Å². The standard InChI is InChI=1S/C26H30N2O5S2/c1-31-13-5-11-27(26(30)24-8-4-14-34-24)17-25(29)28-12-9-23-21(10-15-35-23)22(28)18-33-20-7-3-6-19(16-20)32-2/h3-4,6-8,10,14-16,22H,5,9,11-13,17-18H2,1-2H3. The Bertz CT molecular complexity index is 1110. The van der Waals surface area contributed by atoms with Gasteiger partial charge in [0.1, 0.15) is 24.7 Å². The number of fused-ring (bicyclic) bond motifs is 1. The highest BCUT2D eigenvalue weighted by atomic mass is 32.1. The molecule has 0 saturated heterocycles. The molecule has 7 nitrogen and oxygen atoms in total. The monoisotopic (exact) mass is 514 g/mol. The number of nitrogens with zero attached hydrogens (tertiary/aromatic N) is 2. The summed E-state index contributed by atoms with van der Waals surface area (Å²) in [6, 6.07) is 13.0. The fraction of sp³-hybridized carbons (Fsp3) is 0.385. The van der Waals surface area contributed by atoms with E-state index in [1.807, 2.05) is 40.6 Å². The summed E-state index contributed by atoms with van der Waals surface area (Å²) >= 11 is 3.10. The van der Waals surface area contributed by atoms with Crippen LogP contribution in [0.5, 0.6) is 11.5 Å². The first-order chi connectivity index (χ1) is 17.1. The van der Waals surface area contributed by atoms with E-state index in [-0.39, 0.29) is 24.4 Å². The van der Waals surface area contributed by atoms with Crippen molar-refractivity contribution in [2.24, 2.45) is 0 Å². The number of benzene rings is 1. The molecule has 1 aliphatic rings. The molecule has 9 heteroatoms. The summed E-state index contributed by atoms with van der Waals surface area (Å²) in [6.45, 7) is 1.93. The van der Waals surface area contributed by atoms with E-state index in [0.29, 0.717) is 49.1 Å². The zero-order chi connectivity index (χ0) is 24.6.